The van der Waals surface area contributed by atoms with E-state index in [2.05, 4.69) is 33.4 Å². The molecule has 0 atom stereocenters. The largest absolute Gasteiger partial charge is 0.493 e. The summed E-state index contributed by atoms with van der Waals surface area (Å²) in [5, 5.41) is 2.92. The fourth-order valence-corrected chi connectivity index (χ4v) is 8.98. The Kier molecular flexibility index (Phi) is 7.53. The van der Waals surface area contributed by atoms with Crippen LogP contribution in [-0.4, -0.2) is 25.0 Å². The summed E-state index contributed by atoms with van der Waals surface area (Å²) in [6.45, 7) is 0.217. The summed E-state index contributed by atoms with van der Waals surface area (Å²) < 4.78 is 12.1. The molecule has 0 spiro atoms. The van der Waals surface area contributed by atoms with Crippen LogP contribution in [0.1, 0.15) is 55.2 Å². The standard InChI is InChI=1S/C35H32BrClN2O5/c1-43-30-15-20(14-28(36)31(30)44-19-24-4-2-3-5-29(24)37)13-27-32(40)38-34(42)39(33(27)41)26-8-6-25(7-9-26)35-16-21-10-22(17-35)12-23(11-21)18-35/h2-9,13-15,21-23H,10-12,16-19H2,1H3,(H,38,40,42)/b27-13-. The van der Waals surface area contributed by atoms with Crippen LogP contribution in [0, 0.1) is 17.8 Å². The minimum Gasteiger partial charge on any atom is -0.493 e. The second-order valence-electron chi connectivity index (χ2n) is 12.6. The van der Waals surface area contributed by atoms with Gasteiger partial charge in [0, 0.05) is 10.6 Å². The van der Waals surface area contributed by atoms with Crippen LogP contribution in [0.25, 0.3) is 6.08 Å². The summed E-state index contributed by atoms with van der Waals surface area (Å²) in [5.74, 6) is 1.85. The maximum absolute atomic E-state index is 13.7. The molecule has 4 aliphatic carbocycles. The molecule has 226 valence electrons. The lowest BCUT2D eigenvalue weighted by atomic mass is 9.48. The molecule has 3 aromatic rings. The smallest absolute Gasteiger partial charge is 0.335 e. The van der Waals surface area contributed by atoms with Crippen molar-refractivity contribution in [1.82, 2.24) is 5.32 Å². The summed E-state index contributed by atoms with van der Waals surface area (Å²) in [5.41, 5.74) is 3.11. The van der Waals surface area contributed by atoms with E-state index in [0.29, 0.717) is 32.2 Å². The summed E-state index contributed by atoms with van der Waals surface area (Å²) in [6.07, 6.45) is 9.23. The van der Waals surface area contributed by atoms with Gasteiger partial charge in [0.05, 0.1) is 17.3 Å². The average molecular weight is 676 g/mol. The maximum atomic E-state index is 13.7. The van der Waals surface area contributed by atoms with Gasteiger partial charge in [-0.05, 0) is 125 Å². The molecule has 3 aromatic carbocycles. The zero-order valence-electron chi connectivity index (χ0n) is 24.3. The van der Waals surface area contributed by atoms with Crippen molar-refractivity contribution in [3.8, 4) is 11.5 Å². The van der Waals surface area contributed by atoms with Crippen LogP contribution in [0.3, 0.4) is 0 Å². The second kappa shape index (κ2) is 11.4. The van der Waals surface area contributed by atoms with Gasteiger partial charge in [0.2, 0.25) is 0 Å². The minimum absolute atomic E-state index is 0.159. The zero-order chi connectivity index (χ0) is 30.6. The molecule has 1 N–H and O–H groups in total. The van der Waals surface area contributed by atoms with E-state index in [4.69, 9.17) is 21.1 Å². The number of halogens is 2. The van der Waals surface area contributed by atoms with Gasteiger partial charge in [0.1, 0.15) is 12.2 Å². The van der Waals surface area contributed by atoms with Crippen molar-refractivity contribution in [3.05, 3.63) is 92.4 Å². The van der Waals surface area contributed by atoms with Crippen LogP contribution in [0.15, 0.2) is 70.7 Å². The number of hydrogen-bond donors (Lipinski definition) is 1. The highest BCUT2D eigenvalue weighted by Gasteiger charge is 2.51. The lowest BCUT2D eigenvalue weighted by Crippen LogP contribution is -2.54. The molecular weight excluding hydrogens is 644 g/mol. The molecule has 1 heterocycles. The third-order valence-corrected chi connectivity index (χ3v) is 10.7. The number of rotatable bonds is 7. The van der Waals surface area contributed by atoms with Crippen molar-refractivity contribution >= 4 is 57.1 Å². The minimum atomic E-state index is -0.762. The van der Waals surface area contributed by atoms with E-state index in [1.54, 1.807) is 18.2 Å². The third-order valence-electron chi connectivity index (χ3n) is 9.77. The van der Waals surface area contributed by atoms with Crippen molar-refractivity contribution in [3.63, 3.8) is 0 Å². The zero-order valence-corrected chi connectivity index (χ0v) is 26.6. The molecule has 7 nitrogen and oxygen atoms in total. The predicted molar refractivity (Wildman–Crippen MR) is 172 cm³/mol. The molecule has 1 saturated heterocycles. The molecule has 0 unspecified atom stereocenters. The Bertz CT molecular complexity index is 1670. The van der Waals surface area contributed by atoms with E-state index in [1.165, 1.54) is 57.3 Å². The number of methoxy groups -OCH3 is 1. The van der Waals surface area contributed by atoms with E-state index in [1.807, 2.05) is 30.3 Å². The molecule has 5 aliphatic rings. The van der Waals surface area contributed by atoms with E-state index < -0.39 is 17.8 Å². The highest BCUT2D eigenvalue weighted by Crippen LogP contribution is 2.60. The Morgan fingerprint density at radius 2 is 1.64 bits per heavy atom. The van der Waals surface area contributed by atoms with Gasteiger partial charge < -0.3 is 9.47 Å². The molecule has 4 amide bonds. The highest BCUT2D eigenvalue weighted by molar-refractivity contribution is 9.10. The fourth-order valence-electron chi connectivity index (χ4n) is 8.22. The summed E-state index contributed by atoms with van der Waals surface area (Å²) in [4.78, 5) is 40.5. The first-order valence-electron chi connectivity index (χ1n) is 15.0. The van der Waals surface area contributed by atoms with Crippen LogP contribution in [0.2, 0.25) is 5.02 Å². The molecule has 0 radical (unpaired) electrons. The van der Waals surface area contributed by atoms with Gasteiger partial charge in [-0.1, -0.05) is 41.9 Å². The summed E-state index contributed by atoms with van der Waals surface area (Å²) >= 11 is 9.80. The quantitative estimate of drug-likeness (QED) is 0.204. The van der Waals surface area contributed by atoms with Gasteiger partial charge in [-0.3, -0.25) is 14.9 Å². The predicted octanol–water partition coefficient (Wildman–Crippen LogP) is 7.82. The number of anilines is 1. The molecule has 44 heavy (non-hydrogen) atoms. The first-order chi connectivity index (χ1) is 21.2. The molecule has 0 aromatic heterocycles. The SMILES string of the molecule is COc1cc(/C=C2/C(=O)NC(=O)N(c3ccc(C45CC6CC(CC(C6)C4)C5)cc3)C2=O)cc(Br)c1OCc1ccccc1Cl. The van der Waals surface area contributed by atoms with E-state index in [9.17, 15) is 14.4 Å². The number of imide groups is 2. The van der Waals surface area contributed by atoms with Gasteiger partial charge in [-0.15, -0.1) is 0 Å². The number of carbonyl (C=O) groups is 3. The van der Waals surface area contributed by atoms with Crippen LogP contribution in [0.5, 0.6) is 11.5 Å². The number of nitrogens with zero attached hydrogens (tertiary/aromatic N) is 1. The molecule has 4 bridgehead atoms. The number of amides is 4. The molecule has 1 aliphatic heterocycles. The molecule has 8 rings (SSSR count). The number of carbonyl (C=O) groups excluding carboxylic acids is 3. The summed E-state index contributed by atoms with van der Waals surface area (Å²) in [7, 11) is 1.51. The van der Waals surface area contributed by atoms with Gasteiger partial charge >= 0.3 is 6.03 Å². The van der Waals surface area contributed by atoms with Crippen molar-refractivity contribution < 1.29 is 23.9 Å². The van der Waals surface area contributed by atoms with Gasteiger partial charge in [-0.2, -0.15) is 0 Å². The highest BCUT2D eigenvalue weighted by atomic mass is 79.9. The van der Waals surface area contributed by atoms with Gasteiger partial charge in [0.15, 0.2) is 11.5 Å². The van der Waals surface area contributed by atoms with Crippen LogP contribution in [-0.2, 0) is 21.6 Å². The van der Waals surface area contributed by atoms with Crippen LogP contribution < -0.4 is 19.7 Å². The molecule has 5 fully saturated rings. The van der Waals surface area contributed by atoms with E-state index in [-0.39, 0.29) is 17.6 Å². The monoisotopic (exact) mass is 674 g/mol. The third kappa shape index (κ3) is 5.22. The number of ether oxygens (including phenoxy) is 2. The Labute approximate surface area is 269 Å². The topological polar surface area (TPSA) is 84.9 Å². The van der Waals surface area contributed by atoms with Gasteiger partial charge in [0.25, 0.3) is 11.8 Å². The number of urea groups is 1. The van der Waals surface area contributed by atoms with E-state index >= 15 is 0 Å². The second-order valence-corrected chi connectivity index (χ2v) is 13.9. The van der Waals surface area contributed by atoms with Crippen molar-refractivity contribution in [1.29, 1.82) is 0 Å². The lowest BCUT2D eigenvalue weighted by molar-refractivity contribution is -0.122. The molecule has 4 saturated carbocycles. The first-order valence-corrected chi connectivity index (χ1v) is 16.2. The Hall–Kier alpha value is -3.62. The molecule has 9 heteroatoms. The Morgan fingerprint density at radius 1 is 0.977 bits per heavy atom. The van der Waals surface area contributed by atoms with E-state index in [0.717, 1.165) is 28.2 Å². The van der Waals surface area contributed by atoms with Crippen LogP contribution >= 0.6 is 27.5 Å². The van der Waals surface area contributed by atoms with Crippen molar-refractivity contribution in [2.75, 3.05) is 12.0 Å². The van der Waals surface area contributed by atoms with Crippen molar-refractivity contribution in [2.45, 2.75) is 50.5 Å². The van der Waals surface area contributed by atoms with Gasteiger partial charge in [-0.25, -0.2) is 9.69 Å². The number of nitrogens with one attached hydrogen (secondary N) is 1. The fraction of sp³-hybridized carbons (Fsp3) is 0.343. The first kappa shape index (κ1) is 29.1. The normalized spacial score (nSPS) is 26.7. The van der Waals surface area contributed by atoms with Crippen molar-refractivity contribution in [2.24, 2.45) is 17.8 Å². The lowest BCUT2D eigenvalue weighted by Gasteiger charge is -2.57. The summed E-state index contributed by atoms with van der Waals surface area (Å²) in [6, 6.07) is 17.8. The van der Waals surface area contributed by atoms with Crippen LogP contribution in [0.4, 0.5) is 10.5 Å². The average Bonchev–Trinajstić information content (AvgIpc) is 2.99. The Balaban J connectivity index is 1.13. The number of benzene rings is 3. The molecular formula is C35H32BrClN2O5. The number of hydrogen-bond acceptors (Lipinski definition) is 5. The maximum Gasteiger partial charge on any atom is 0.335 e. The number of barbiturate groups is 1. The Morgan fingerprint density at radius 3 is 2.27 bits per heavy atom.